The number of hydrogen-bond acceptors (Lipinski definition) is 6. The summed E-state index contributed by atoms with van der Waals surface area (Å²) in [5, 5.41) is 13.6. The van der Waals surface area contributed by atoms with Crippen LogP contribution >= 0.6 is 0 Å². The lowest BCUT2D eigenvalue weighted by atomic mass is 10.1. The first-order chi connectivity index (χ1) is 13.4. The first kappa shape index (κ1) is 19.2. The van der Waals surface area contributed by atoms with Gasteiger partial charge in [-0.25, -0.2) is 0 Å². The lowest BCUT2D eigenvalue weighted by molar-refractivity contribution is -0.384. The highest BCUT2D eigenvalue weighted by Gasteiger charge is 2.35. The standard InChI is InChI=1S/C19H19N3O6/c1-27-15-6-3-13(4-7-15)21-11-12(9-18(21)23)19(24)20-16-10-14(22(25)26)5-8-17(16)28-2/h3-8,10,12H,9,11H2,1-2H3,(H,20,24)/t12-/m1/s1. The van der Waals surface area contributed by atoms with Crippen LogP contribution in [-0.2, 0) is 9.59 Å². The Kier molecular flexibility index (Phi) is 5.44. The first-order valence-corrected chi connectivity index (χ1v) is 8.50. The second-order valence-electron chi connectivity index (χ2n) is 6.23. The van der Waals surface area contributed by atoms with E-state index < -0.39 is 16.7 Å². The average Bonchev–Trinajstić information content (AvgIpc) is 3.09. The number of nitrogens with zero attached hydrogens (tertiary/aromatic N) is 2. The van der Waals surface area contributed by atoms with Crippen molar-refractivity contribution in [3.63, 3.8) is 0 Å². The van der Waals surface area contributed by atoms with Crippen molar-refractivity contribution < 1.29 is 24.0 Å². The van der Waals surface area contributed by atoms with Crippen LogP contribution in [0, 0.1) is 16.0 Å². The molecule has 9 heteroatoms. The van der Waals surface area contributed by atoms with Crippen LogP contribution in [-0.4, -0.2) is 37.5 Å². The second kappa shape index (κ2) is 7.95. The Morgan fingerprint density at radius 3 is 2.50 bits per heavy atom. The van der Waals surface area contributed by atoms with Gasteiger partial charge in [-0.15, -0.1) is 0 Å². The molecule has 1 fully saturated rings. The van der Waals surface area contributed by atoms with E-state index in [0.29, 0.717) is 17.2 Å². The Morgan fingerprint density at radius 2 is 1.89 bits per heavy atom. The SMILES string of the molecule is COc1ccc(N2C[C@H](C(=O)Nc3cc([N+](=O)[O-])ccc3OC)CC2=O)cc1. The fraction of sp³-hybridized carbons (Fsp3) is 0.263. The third-order valence-electron chi connectivity index (χ3n) is 4.53. The largest absolute Gasteiger partial charge is 0.497 e. The molecule has 2 aromatic carbocycles. The Balaban J connectivity index is 1.74. The summed E-state index contributed by atoms with van der Waals surface area (Å²) in [5.41, 5.74) is 0.699. The molecule has 1 atom stereocenters. The van der Waals surface area contributed by atoms with Crippen LogP contribution < -0.4 is 19.7 Å². The number of rotatable bonds is 6. The predicted octanol–water partition coefficient (Wildman–Crippen LogP) is 2.60. The minimum absolute atomic E-state index is 0.0507. The number of methoxy groups -OCH3 is 2. The molecule has 3 rings (SSSR count). The lowest BCUT2D eigenvalue weighted by Crippen LogP contribution is -2.28. The van der Waals surface area contributed by atoms with Crippen molar-refractivity contribution in [2.24, 2.45) is 5.92 Å². The average molecular weight is 385 g/mol. The monoisotopic (exact) mass is 385 g/mol. The Bertz CT molecular complexity index is 912. The quantitative estimate of drug-likeness (QED) is 0.604. The van der Waals surface area contributed by atoms with Crippen LogP contribution in [0.25, 0.3) is 0 Å². The van der Waals surface area contributed by atoms with Crippen molar-refractivity contribution in [1.29, 1.82) is 0 Å². The van der Waals surface area contributed by atoms with E-state index in [9.17, 15) is 19.7 Å². The zero-order valence-electron chi connectivity index (χ0n) is 15.4. The van der Waals surface area contributed by atoms with E-state index >= 15 is 0 Å². The number of nitrogens with one attached hydrogen (secondary N) is 1. The molecule has 1 N–H and O–H groups in total. The van der Waals surface area contributed by atoms with Gasteiger partial charge in [0.1, 0.15) is 11.5 Å². The summed E-state index contributed by atoms with van der Waals surface area (Å²) in [5.74, 6) is -0.184. The van der Waals surface area contributed by atoms with Crippen molar-refractivity contribution in [2.75, 3.05) is 31.0 Å². The molecule has 28 heavy (non-hydrogen) atoms. The van der Waals surface area contributed by atoms with Crippen molar-refractivity contribution in [2.45, 2.75) is 6.42 Å². The lowest BCUT2D eigenvalue weighted by Gasteiger charge is -2.17. The molecule has 1 saturated heterocycles. The molecule has 0 spiro atoms. The Labute approximate surface area is 161 Å². The maximum absolute atomic E-state index is 12.7. The maximum Gasteiger partial charge on any atom is 0.271 e. The molecule has 0 aliphatic carbocycles. The summed E-state index contributed by atoms with van der Waals surface area (Å²) in [7, 11) is 2.96. The van der Waals surface area contributed by atoms with Crippen LogP contribution in [0.15, 0.2) is 42.5 Å². The van der Waals surface area contributed by atoms with Gasteiger partial charge in [-0.3, -0.25) is 19.7 Å². The molecular formula is C19H19N3O6. The fourth-order valence-electron chi connectivity index (χ4n) is 3.04. The van der Waals surface area contributed by atoms with Gasteiger partial charge in [0.25, 0.3) is 5.69 Å². The molecule has 9 nitrogen and oxygen atoms in total. The van der Waals surface area contributed by atoms with E-state index in [2.05, 4.69) is 5.32 Å². The molecule has 0 saturated carbocycles. The number of anilines is 2. The summed E-state index contributed by atoms with van der Waals surface area (Å²) in [6, 6.07) is 10.9. The van der Waals surface area contributed by atoms with Gasteiger partial charge in [-0.05, 0) is 30.3 Å². The van der Waals surface area contributed by atoms with Gasteiger partial charge in [-0.2, -0.15) is 0 Å². The fourth-order valence-corrected chi connectivity index (χ4v) is 3.04. The van der Waals surface area contributed by atoms with Gasteiger partial charge >= 0.3 is 0 Å². The van der Waals surface area contributed by atoms with Crippen LogP contribution in [0.4, 0.5) is 17.1 Å². The third-order valence-corrected chi connectivity index (χ3v) is 4.53. The van der Waals surface area contributed by atoms with Gasteiger partial charge in [-0.1, -0.05) is 0 Å². The molecule has 0 bridgehead atoms. The zero-order chi connectivity index (χ0) is 20.3. The number of amides is 2. The van der Waals surface area contributed by atoms with Crippen LogP contribution in [0.2, 0.25) is 0 Å². The highest BCUT2D eigenvalue weighted by molar-refractivity contribution is 6.04. The van der Waals surface area contributed by atoms with Gasteiger partial charge in [0.05, 0.1) is 30.7 Å². The van der Waals surface area contributed by atoms with Gasteiger partial charge in [0.2, 0.25) is 11.8 Å². The van der Waals surface area contributed by atoms with Crippen LogP contribution in [0.5, 0.6) is 11.5 Å². The highest BCUT2D eigenvalue weighted by atomic mass is 16.6. The first-order valence-electron chi connectivity index (χ1n) is 8.50. The highest BCUT2D eigenvalue weighted by Crippen LogP contribution is 2.31. The number of ether oxygens (including phenoxy) is 2. The number of benzene rings is 2. The van der Waals surface area contributed by atoms with Gasteiger partial charge < -0.3 is 19.7 Å². The number of nitro groups is 1. The minimum Gasteiger partial charge on any atom is -0.497 e. The minimum atomic E-state index is -0.585. The number of nitro benzene ring substituents is 1. The summed E-state index contributed by atoms with van der Waals surface area (Å²) in [4.78, 5) is 37.0. The molecule has 1 heterocycles. The van der Waals surface area contributed by atoms with E-state index in [1.807, 2.05) is 0 Å². The normalized spacial score (nSPS) is 16.0. The summed E-state index contributed by atoms with van der Waals surface area (Å²) < 4.78 is 10.3. The molecule has 2 amide bonds. The summed E-state index contributed by atoms with van der Waals surface area (Å²) in [6.45, 7) is 0.217. The van der Waals surface area contributed by atoms with E-state index in [4.69, 9.17) is 9.47 Å². The molecule has 0 unspecified atom stereocenters. The Morgan fingerprint density at radius 1 is 1.18 bits per heavy atom. The molecule has 146 valence electrons. The van der Waals surface area contributed by atoms with E-state index in [1.165, 1.54) is 30.2 Å². The van der Waals surface area contributed by atoms with Crippen molar-refractivity contribution in [1.82, 2.24) is 0 Å². The number of carbonyl (C=O) groups excluding carboxylic acids is 2. The number of non-ortho nitro benzene ring substituents is 1. The zero-order valence-corrected chi connectivity index (χ0v) is 15.4. The van der Waals surface area contributed by atoms with Crippen molar-refractivity contribution in [3.8, 4) is 11.5 Å². The molecule has 0 aromatic heterocycles. The predicted molar refractivity (Wildman–Crippen MR) is 102 cm³/mol. The number of hydrogen-bond donors (Lipinski definition) is 1. The molecular weight excluding hydrogens is 366 g/mol. The van der Waals surface area contributed by atoms with E-state index in [1.54, 1.807) is 31.4 Å². The topological polar surface area (TPSA) is 111 Å². The van der Waals surface area contributed by atoms with Crippen LogP contribution in [0.3, 0.4) is 0 Å². The van der Waals surface area contributed by atoms with E-state index in [-0.39, 0.29) is 30.2 Å². The molecule has 0 radical (unpaired) electrons. The summed E-state index contributed by atoms with van der Waals surface area (Å²) >= 11 is 0. The Hall–Kier alpha value is -3.62. The van der Waals surface area contributed by atoms with Gasteiger partial charge in [0.15, 0.2) is 0 Å². The number of carbonyl (C=O) groups is 2. The maximum atomic E-state index is 12.7. The molecule has 1 aliphatic heterocycles. The summed E-state index contributed by atoms with van der Waals surface area (Å²) in [6.07, 6.45) is 0.0507. The van der Waals surface area contributed by atoms with Gasteiger partial charge in [0, 0.05) is 30.8 Å². The van der Waals surface area contributed by atoms with Crippen molar-refractivity contribution in [3.05, 3.63) is 52.6 Å². The van der Waals surface area contributed by atoms with Crippen molar-refractivity contribution >= 4 is 28.9 Å². The second-order valence-corrected chi connectivity index (χ2v) is 6.23. The molecule has 2 aromatic rings. The molecule has 1 aliphatic rings. The van der Waals surface area contributed by atoms with E-state index in [0.717, 1.165) is 0 Å². The smallest absolute Gasteiger partial charge is 0.271 e. The third kappa shape index (κ3) is 3.88. The van der Waals surface area contributed by atoms with Crippen LogP contribution in [0.1, 0.15) is 6.42 Å².